The Morgan fingerprint density at radius 3 is 2.07 bits per heavy atom. The molecule has 2 N–H and O–H groups in total. The van der Waals surface area contributed by atoms with Gasteiger partial charge in [0.2, 0.25) is 0 Å². The molecule has 0 radical (unpaired) electrons. The first-order chi connectivity index (χ1) is 14.5. The Kier molecular flexibility index (Phi) is 5.04. The van der Waals surface area contributed by atoms with E-state index >= 15 is 0 Å². The minimum absolute atomic E-state index is 0.0338. The minimum Gasteiger partial charge on any atom is -0.267 e. The number of amides is 2. The summed E-state index contributed by atoms with van der Waals surface area (Å²) < 4.78 is 14.1. The van der Waals surface area contributed by atoms with E-state index in [1.165, 1.54) is 12.1 Å². The standard InChI is InChI=1S/C22H15FN4O3/c23-15-12-10-14(11-13-15)20(28)24-25-21(29)19-17-8-4-5-9-18(17)22(30)27(26-19)16-6-2-1-3-7-16/h1-13H,(H,24,28)(H,25,29). The molecule has 7 nitrogen and oxygen atoms in total. The lowest BCUT2D eigenvalue weighted by Gasteiger charge is -2.12. The Bertz CT molecular complexity index is 1300. The minimum atomic E-state index is -0.702. The predicted octanol–water partition coefficient (Wildman–Crippen LogP) is 2.60. The Labute approximate surface area is 169 Å². The molecule has 0 saturated carbocycles. The van der Waals surface area contributed by atoms with E-state index < -0.39 is 17.6 Å². The summed E-state index contributed by atoms with van der Waals surface area (Å²) in [5.41, 5.74) is 4.82. The lowest BCUT2D eigenvalue weighted by Crippen LogP contribution is -2.42. The highest BCUT2D eigenvalue weighted by molar-refractivity contribution is 6.06. The van der Waals surface area contributed by atoms with Gasteiger partial charge >= 0.3 is 0 Å². The van der Waals surface area contributed by atoms with Gasteiger partial charge < -0.3 is 0 Å². The van der Waals surface area contributed by atoms with E-state index in [0.717, 1.165) is 16.8 Å². The molecule has 148 valence electrons. The number of hydrazine groups is 1. The smallest absolute Gasteiger partial charge is 0.267 e. The van der Waals surface area contributed by atoms with Crippen LogP contribution in [0.1, 0.15) is 20.8 Å². The Balaban J connectivity index is 1.68. The molecule has 0 aliphatic rings. The largest absolute Gasteiger partial charge is 0.290 e. The first-order valence-electron chi connectivity index (χ1n) is 8.98. The van der Waals surface area contributed by atoms with Crippen LogP contribution in [-0.4, -0.2) is 21.6 Å². The molecule has 0 atom stereocenters. The third-order valence-electron chi connectivity index (χ3n) is 4.42. The molecule has 30 heavy (non-hydrogen) atoms. The molecule has 0 aliphatic heterocycles. The lowest BCUT2D eigenvalue weighted by molar-refractivity contribution is 0.0844. The number of fused-ring (bicyclic) bond motifs is 1. The number of para-hydroxylation sites is 1. The van der Waals surface area contributed by atoms with Crippen LogP contribution in [0.5, 0.6) is 0 Å². The van der Waals surface area contributed by atoms with E-state index in [2.05, 4.69) is 16.0 Å². The van der Waals surface area contributed by atoms with Gasteiger partial charge in [0.25, 0.3) is 17.4 Å². The Hall–Kier alpha value is -4.33. The highest BCUT2D eigenvalue weighted by Crippen LogP contribution is 2.15. The Morgan fingerprint density at radius 2 is 1.37 bits per heavy atom. The van der Waals surface area contributed by atoms with Crippen molar-refractivity contribution in [3.63, 3.8) is 0 Å². The van der Waals surface area contributed by atoms with E-state index in [1.807, 2.05) is 0 Å². The van der Waals surface area contributed by atoms with Gasteiger partial charge in [-0.25, -0.2) is 4.39 Å². The normalized spacial score (nSPS) is 10.6. The number of carbonyl (C=O) groups is 2. The van der Waals surface area contributed by atoms with Crippen molar-refractivity contribution in [1.82, 2.24) is 20.6 Å². The topological polar surface area (TPSA) is 93.1 Å². The number of rotatable bonds is 3. The molecule has 8 heteroatoms. The van der Waals surface area contributed by atoms with Crippen LogP contribution in [-0.2, 0) is 0 Å². The summed E-state index contributed by atoms with van der Waals surface area (Å²) in [6.07, 6.45) is 0. The van der Waals surface area contributed by atoms with Crippen LogP contribution >= 0.6 is 0 Å². The molecule has 4 aromatic rings. The molecule has 0 unspecified atom stereocenters. The molecular weight excluding hydrogens is 387 g/mol. The fourth-order valence-electron chi connectivity index (χ4n) is 2.95. The molecule has 4 rings (SSSR count). The number of nitrogens with zero attached hydrogens (tertiary/aromatic N) is 2. The van der Waals surface area contributed by atoms with E-state index in [-0.39, 0.29) is 16.8 Å². The summed E-state index contributed by atoms with van der Waals surface area (Å²) in [4.78, 5) is 37.8. The highest BCUT2D eigenvalue weighted by atomic mass is 19.1. The number of benzene rings is 3. The van der Waals surface area contributed by atoms with Crippen molar-refractivity contribution in [1.29, 1.82) is 0 Å². The van der Waals surface area contributed by atoms with E-state index in [4.69, 9.17) is 0 Å². The third kappa shape index (κ3) is 3.66. The van der Waals surface area contributed by atoms with Gasteiger partial charge in [0.15, 0.2) is 5.69 Å². The van der Waals surface area contributed by atoms with Gasteiger partial charge in [-0.1, -0.05) is 36.4 Å². The molecule has 3 aromatic carbocycles. The molecule has 1 aromatic heterocycles. The zero-order valence-corrected chi connectivity index (χ0v) is 15.5. The van der Waals surface area contributed by atoms with Crippen molar-refractivity contribution < 1.29 is 14.0 Å². The van der Waals surface area contributed by atoms with Gasteiger partial charge in [0.05, 0.1) is 11.1 Å². The van der Waals surface area contributed by atoms with E-state index in [1.54, 1.807) is 54.6 Å². The number of carbonyl (C=O) groups excluding carboxylic acids is 2. The molecule has 0 fully saturated rings. The van der Waals surface area contributed by atoms with Crippen molar-refractivity contribution in [3.05, 3.63) is 106 Å². The second kappa shape index (κ2) is 7.96. The van der Waals surface area contributed by atoms with Gasteiger partial charge in [-0.05, 0) is 42.5 Å². The fraction of sp³-hybridized carbons (Fsp3) is 0. The van der Waals surface area contributed by atoms with Crippen LogP contribution in [0.25, 0.3) is 16.5 Å². The second-order valence-electron chi connectivity index (χ2n) is 6.36. The van der Waals surface area contributed by atoms with Gasteiger partial charge in [-0.2, -0.15) is 9.78 Å². The summed E-state index contributed by atoms with van der Waals surface area (Å²) in [5, 5.41) is 4.89. The number of halogens is 1. The van der Waals surface area contributed by atoms with Crippen LogP contribution in [0.2, 0.25) is 0 Å². The van der Waals surface area contributed by atoms with Crippen molar-refractivity contribution in [2.75, 3.05) is 0 Å². The maximum absolute atomic E-state index is 13.0. The van der Waals surface area contributed by atoms with Gasteiger partial charge in [0, 0.05) is 10.9 Å². The number of hydrogen-bond donors (Lipinski definition) is 2. The zero-order chi connectivity index (χ0) is 21.1. The van der Waals surface area contributed by atoms with Gasteiger partial charge in [-0.3, -0.25) is 25.2 Å². The lowest BCUT2D eigenvalue weighted by atomic mass is 10.1. The summed E-state index contributed by atoms with van der Waals surface area (Å²) in [7, 11) is 0. The highest BCUT2D eigenvalue weighted by Gasteiger charge is 2.18. The molecule has 0 bridgehead atoms. The third-order valence-corrected chi connectivity index (χ3v) is 4.42. The Morgan fingerprint density at radius 1 is 0.767 bits per heavy atom. The SMILES string of the molecule is O=C(NNC(=O)c1nn(-c2ccccc2)c(=O)c2ccccc12)c1ccc(F)cc1. The van der Waals surface area contributed by atoms with Crippen LogP contribution in [0.15, 0.2) is 83.7 Å². The fourth-order valence-corrected chi connectivity index (χ4v) is 2.95. The number of nitrogens with one attached hydrogen (secondary N) is 2. The van der Waals surface area contributed by atoms with Crippen LogP contribution in [0.3, 0.4) is 0 Å². The van der Waals surface area contributed by atoms with Crippen LogP contribution < -0.4 is 16.4 Å². The first-order valence-corrected chi connectivity index (χ1v) is 8.98. The number of hydrogen-bond acceptors (Lipinski definition) is 4. The second-order valence-corrected chi connectivity index (χ2v) is 6.36. The average Bonchev–Trinajstić information content (AvgIpc) is 2.79. The van der Waals surface area contributed by atoms with E-state index in [0.29, 0.717) is 16.5 Å². The number of aromatic nitrogens is 2. The monoisotopic (exact) mass is 402 g/mol. The molecular formula is C22H15FN4O3. The summed E-state index contributed by atoms with van der Waals surface area (Å²) in [6, 6.07) is 20.1. The molecule has 0 spiro atoms. The summed E-state index contributed by atoms with van der Waals surface area (Å²) in [6.45, 7) is 0. The van der Waals surface area contributed by atoms with Crippen LogP contribution in [0.4, 0.5) is 4.39 Å². The molecule has 1 heterocycles. The van der Waals surface area contributed by atoms with Crippen LogP contribution in [0, 0.1) is 5.82 Å². The predicted molar refractivity (Wildman–Crippen MR) is 109 cm³/mol. The summed E-state index contributed by atoms with van der Waals surface area (Å²) >= 11 is 0. The average molecular weight is 402 g/mol. The maximum atomic E-state index is 13.0. The van der Waals surface area contributed by atoms with Crippen molar-refractivity contribution >= 4 is 22.6 Å². The summed E-state index contributed by atoms with van der Waals surface area (Å²) in [5.74, 6) is -1.80. The van der Waals surface area contributed by atoms with Crippen molar-refractivity contribution in [3.8, 4) is 5.69 Å². The first kappa shape index (κ1) is 19.0. The van der Waals surface area contributed by atoms with Crippen molar-refractivity contribution in [2.24, 2.45) is 0 Å². The molecule has 2 amide bonds. The van der Waals surface area contributed by atoms with E-state index in [9.17, 15) is 18.8 Å². The maximum Gasteiger partial charge on any atom is 0.290 e. The van der Waals surface area contributed by atoms with Gasteiger partial charge in [-0.15, -0.1) is 0 Å². The molecule has 0 saturated heterocycles. The quantitative estimate of drug-likeness (QED) is 0.515. The zero-order valence-electron chi connectivity index (χ0n) is 15.5. The van der Waals surface area contributed by atoms with Gasteiger partial charge in [0.1, 0.15) is 5.82 Å². The molecule has 0 aliphatic carbocycles. The van der Waals surface area contributed by atoms with Crippen molar-refractivity contribution in [2.45, 2.75) is 0 Å².